The van der Waals surface area contributed by atoms with Crippen molar-refractivity contribution >= 4 is 28.0 Å². The van der Waals surface area contributed by atoms with Crippen LogP contribution in [0.4, 0.5) is 10.2 Å². The number of aliphatic hydroxyl groups excluding tert-OH is 1. The number of hydrogen-bond donors (Lipinski definition) is 3. The van der Waals surface area contributed by atoms with Crippen LogP contribution in [-0.4, -0.2) is 40.9 Å². The lowest BCUT2D eigenvalue weighted by atomic mass is 9.93. The number of nitrogens with zero attached hydrogens (tertiary/aromatic N) is 5. The molecule has 8 nitrogen and oxygen atoms in total. The number of halogens is 1. The summed E-state index contributed by atoms with van der Waals surface area (Å²) in [6, 6.07) is 4.73. The Hall–Kier alpha value is -3.07. The largest absolute Gasteiger partial charge is 0.393 e. The average molecular weight is 421 g/mol. The van der Waals surface area contributed by atoms with Gasteiger partial charge in [0, 0.05) is 18.2 Å². The molecule has 0 saturated heterocycles. The van der Waals surface area contributed by atoms with Crippen molar-refractivity contribution in [2.45, 2.75) is 63.1 Å². The number of hydrogen-bond acceptors (Lipinski definition) is 6. The molecular formula is C22H24FN7O. The van der Waals surface area contributed by atoms with Gasteiger partial charge in [-0.1, -0.05) is 0 Å². The topological polar surface area (TPSA) is 105 Å². The third kappa shape index (κ3) is 3.52. The molecule has 2 saturated carbocycles. The molecule has 0 aliphatic heterocycles. The highest BCUT2D eigenvalue weighted by atomic mass is 19.1. The van der Waals surface area contributed by atoms with Crippen LogP contribution in [0.3, 0.4) is 0 Å². The molecule has 0 radical (unpaired) electrons. The summed E-state index contributed by atoms with van der Waals surface area (Å²) in [5.74, 6) is 1.58. The molecule has 0 spiro atoms. The fraction of sp³-hybridized carbons (Fsp3) is 0.455. The average Bonchev–Trinajstić information content (AvgIpc) is 3.45. The van der Waals surface area contributed by atoms with Crippen molar-refractivity contribution in [1.82, 2.24) is 29.7 Å². The van der Waals surface area contributed by atoms with Gasteiger partial charge in [0.25, 0.3) is 0 Å². The van der Waals surface area contributed by atoms with E-state index in [9.17, 15) is 9.50 Å². The zero-order valence-electron chi connectivity index (χ0n) is 17.1. The van der Waals surface area contributed by atoms with Crippen molar-refractivity contribution in [3.63, 3.8) is 0 Å². The summed E-state index contributed by atoms with van der Waals surface area (Å²) in [4.78, 5) is 17.3. The molecule has 2 fully saturated rings. The lowest BCUT2D eigenvalue weighted by molar-refractivity contribution is 0.109. The second-order valence-corrected chi connectivity index (χ2v) is 8.70. The summed E-state index contributed by atoms with van der Waals surface area (Å²) in [5.41, 5.74) is 3.98. The Morgan fingerprint density at radius 2 is 1.97 bits per heavy atom. The second-order valence-electron chi connectivity index (χ2n) is 8.70. The summed E-state index contributed by atoms with van der Waals surface area (Å²) < 4.78 is 15.5. The number of aromatic nitrogens is 6. The first kappa shape index (κ1) is 18.7. The molecule has 2 aliphatic carbocycles. The highest BCUT2D eigenvalue weighted by molar-refractivity contribution is 5.83. The number of anilines is 1. The van der Waals surface area contributed by atoms with Gasteiger partial charge in [-0.25, -0.2) is 24.0 Å². The van der Waals surface area contributed by atoms with E-state index in [0.29, 0.717) is 29.6 Å². The standard InChI is InChI=1S/C22H24FN7O/c23-13-3-8-16-17(9-13)27-19(26-16)11-25-21-20-22(28-18(10-24-20)12-1-2-12)30(29-21)14-4-6-15(31)7-5-14/h3,8-10,12,14-15,31H,1-2,4-7,11H2,(H,25,29)(H,26,27)/t14-,15-. The summed E-state index contributed by atoms with van der Waals surface area (Å²) in [6.07, 6.45) is 7.29. The molecule has 0 bridgehead atoms. The minimum absolute atomic E-state index is 0.208. The number of rotatable bonds is 5. The zero-order chi connectivity index (χ0) is 20.9. The van der Waals surface area contributed by atoms with Crippen LogP contribution in [0.1, 0.15) is 62.0 Å². The Balaban J connectivity index is 1.32. The van der Waals surface area contributed by atoms with Gasteiger partial charge in [-0.3, -0.25) is 0 Å². The maximum atomic E-state index is 13.5. The number of H-pyrrole nitrogens is 1. The maximum Gasteiger partial charge on any atom is 0.179 e. The monoisotopic (exact) mass is 421 g/mol. The maximum absolute atomic E-state index is 13.5. The van der Waals surface area contributed by atoms with E-state index < -0.39 is 0 Å². The molecule has 31 heavy (non-hydrogen) atoms. The van der Waals surface area contributed by atoms with Crippen LogP contribution in [-0.2, 0) is 6.54 Å². The minimum atomic E-state index is -0.303. The van der Waals surface area contributed by atoms with Gasteiger partial charge < -0.3 is 15.4 Å². The van der Waals surface area contributed by atoms with Gasteiger partial charge in [0.2, 0.25) is 0 Å². The third-order valence-corrected chi connectivity index (χ3v) is 6.35. The molecule has 160 valence electrons. The van der Waals surface area contributed by atoms with Gasteiger partial charge in [-0.2, -0.15) is 5.10 Å². The van der Waals surface area contributed by atoms with E-state index in [4.69, 9.17) is 15.1 Å². The molecular weight excluding hydrogens is 397 g/mol. The fourth-order valence-corrected chi connectivity index (χ4v) is 4.46. The third-order valence-electron chi connectivity index (χ3n) is 6.35. The van der Waals surface area contributed by atoms with Gasteiger partial charge in [-0.05, 0) is 50.7 Å². The predicted octanol–water partition coefficient (Wildman–Crippen LogP) is 3.81. The molecule has 2 aliphatic rings. The van der Waals surface area contributed by atoms with Crippen molar-refractivity contribution in [3.8, 4) is 0 Å². The van der Waals surface area contributed by atoms with E-state index in [1.54, 1.807) is 6.07 Å². The quantitative estimate of drug-likeness (QED) is 0.453. The Bertz CT molecular complexity index is 1250. The van der Waals surface area contributed by atoms with Crippen LogP contribution < -0.4 is 5.32 Å². The van der Waals surface area contributed by atoms with Crippen LogP contribution in [0, 0.1) is 5.82 Å². The first-order valence-electron chi connectivity index (χ1n) is 11.0. The molecule has 3 N–H and O–H groups in total. The summed E-state index contributed by atoms with van der Waals surface area (Å²) >= 11 is 0. The van der Waals surface area contributed by atoms with Crippen molar-refractivity contribution in [2.24, 2.45) is 0 Å². The van der Waals surface area contributed by atoms with Crippen LogP contribution in [0.5, 0.6) is 0 Å². The van der Waals surface area contributed by atoms with Crippen LogP contribution >= 0.6 is 0 Å². The lowest BCUT2D eigenvalue weighted by Crippen LogP contribution is -2.22. The molecule has 3 aromatic heterocycles. The van der Waals surface area contributed by atoms with E-state index in [2.05, 4.69) is 15.3 Å². The predicted molar refractivity (Wildman–Crippen MR) is 114 cm³/mol. The van der Waals surface area contributed by atoms with E-state index in [0.717, 1.165) is 48.1 Å². The first-order valence-corrected chi connectivity index (χ1v) is 11.0. The Kier molecular flexibility index (Phi) is 4.38. The normalized spacial score (nSPS) is 21.7. The van der Waals surface area contributed by atoms with E-state index in [1.165, 1.54) is 25.0 Å². The minimum Gasteiger partial charge on any atom is -0.393 e. The van der Waals surface area contributed by atoms with Gasteiger partial charge in [-0.15, -0.1) is 0 Å². The SMILES string of the molecule is O[C@H]1CC[C@H](n2nc(NCc3nc4cc(F)ccc4[nH]3)c3ncc(C4CC4)nc32)CC1. The smallest absolute Gasteiger partial charge is 0.179 e. The number of benzene rings is 1. The number of aromatic amines is 1. The van der Waals surface area contributed by atoms with Crippen molar-refractivity contribution in [1.29, 1.82) is 0 Å². The highest BCUT2D eigenvalue weighted by Gasteiger charge is 2.29. The van der Waals surface area contributed by atoms with E-state index in [1.807, 2.05) is 10.9 Å². The molecule has 0 atom stereocenters. The Morgan fingerprint density at radius 3 is 2.77 bits per heavy atom. The molecule has 0 unspecified atom stereocenters. The van der Waals surface area contributed by atoms with Crippen LogP contribution in [0.25, 0.3) is 22.2 Å². The lowest BCUT2D eigenvalue weighted by Gasteiger charge is -2.25. The Labute approximate surface area is 177 Å². The summed E-state index contributed by atoms with van der Waals surface area (Å²) in [7, 11) is 0. The molecule has 6 rings (SSSR count). The number of nitrogens with one attached hydrogen (secondary N) is 2. The van der Waals surface area contributed by atoms with Crippen LogP contribution in [0.15, 0.2) is 24.4 Å². The number of aliphatic hydroxyl groups is 1. The van der Waals surface area contributed by atoms with Crippen molar-refractivity contribution in [3.05, 3.63) is 41.7 Å². The number of imidazole rings is 1. The van der Waals surface area contributed by atoms with Gasteiger partial charge in [0.15, 0.2) is 17.0 Å². The van der Waals surface area contributed by atoms with Crippen molar-refractivity contribution in [2.75, 3.05) is 5.32 Å². The van der Waals surface area contributed by atoms with Gasteiger partial charge >= 0.3 is 0 Å². The summed E-state index contributed by atoms with van der Waals surface area (Å²) in [6.45, 7) is 0.415. The fourth-order valence-electron chi connectivity index (χ4n) is 4.46. The molecule has 3 heterocycles. The zero-order valence-corrected chi connectivity index (χ0v) is 17.1. The molecule has 0 amide bonds. The second kappa shape index (κ2) is 7.26. The van der Waals surface area contributed by atoms with Gasteiger partial charge in [0.1, 0.15) is 11.6 Å². The van der Waals surface area contributed by atoms with E-state index >= 15 is 0 Å². The molecule has 1 aromatic carbocycles. The van der Waals surface area contributed by atoms with Gasteiger partial charge in [0.05, 0.1) is 35.4 Å². The van der Waals surface area contributed by atoms with Crippen molar-refractivity contribution < 1.29 is 9.50 Å². The molecule has 4 aromatic rings. The summed E-state index contributed by atoms with van der Waals surface area (Å²) in [5, 5.41) is 18.1. The number of fused-ring (bicyclic) bond motifs is 2. The highest BCUT2D eigenvalue weighted by Crippen LogP contribution is 2.40. The first-order chi connectivity index (χ1) is 15.1. The van der Waals surface area contributed by atoms with E-state index in [-0.39, 0.29) is 18.0 Å². The van der Waals surface area contributed by atoms with Crippen LogP contribution in [0.2, 0.25) is 0 Å². The molecule has 9 heteroatoms. The Morgan fingerprint density at radius 1 is 1.13 bits per heavy atom.